The molecule has 0 heterocycles. The number of benzene rings is 1. The van der Waals surface area contributed by atoms with Gasteiger partial charge in [0.2, 0.25) is 0 Å². The number of hydrogen-bond donors (Lipinski definition) is 2. The van der Waals surface area contributed by atoms with Gasteiger partial charge in [-0.3, -0.25) is 0 Å². The van der Waals surface area contributed by atoms with Gasteiger partial charge in [0.15, 0.2) is 0 Å². The number of aliphatic hydroxyl groups excluding tert-OH is 2. The highest BCUT2D eigenvalue weighted by Gasteiger charge is 2.19. The molecule has 0 radical (unpaired) electrons. The maximum atomic E-state index is 9.25. The molecule has 5 nitrogen and oxygen atoms in total. The summed E-state index contributed by atoms with van der Waals surface area (Å²) >= 11 is 0. The molecule has 0 aliphatic rings. The molecule has 0 aliphatic carbocycles. The van der Waals surface area contributed by atoms with Gasteiger partial charge in [0, 0.05) is 13.1 Å². The van der Waals surface area contributed by atoms with Crippen molar-refractivity contribution in [2.24, 2.45) is 0 Å². The van der Waals surface area contributed by atoms with Crippen molar-refractivity contribution in [3.8, 4) is 11.5 Å². The fourth-order valence-electron chi connectivity index (χ4n) is 1.93. The first kappa shape index (κ1) is 14.6. The van der Waals surface area contributed by atoms with Crippen LogP contribution in [0.3, 0.4) is 0 Å². The van der Waals surface area contributed by atoms with Crippen molar-refractivity contribution in [1.29, 1.82) is 0 Å². The Balaban J connectivity index is 3.21. The van der Waals surface area contributed by atoms with Gasteiger partial charge in [0.25, 0.3) is 0 Å². The summed E-state index contributed by atoms with van der Waals surface area (Å²) in [6, 6.07) is 3.32. The molecule has 0 unspecified atom stereocenters. The van der Waals surface area contributed by atoms with Crippen LogP contribution in [0.2, 0.25) is 0 Å². The number of anilines is 1. The van der Waals surface area contributed by atoms with Crippen LogP contribution in [0.4, 0.5) is 5.69 Å². The lowest BCUT2D eigenvalue weighted by Gasteiger charge is -2.30. The summed E-state index contributed by atoms with van der Waals surface area (Å²) in [5.74, 6) is 1.37. The van der Waals surface area contributed by atoms with E-state index in [0.29, 0.717) is 11.5 Å². The Kier molecular flexibility index (Phi) is 5.25. The first-order valence-corrected chi connectivity index (χ1v) is 5.76. The molecule has 0 spiro atoms. The summed E-state index contributed by atoms with van der Waals surface area (Å²) in [7, 11) is 4.99. The summed E-state index contributed by atoms with van der Waals surface area (Å²) in [4.78, 5) is 1.81. The van der Waals surface area contributed by atoms with E-state index >= 15 is 0 Å². The lowest BCUT2D eigenvalue weighted by Crippen LogP contribution is -2.38. The fourth-order valence-corrected chi connectivity index (χ4v) is 1.93. The molecule has 5 heteroatoms. The van der Waals surface area contributed by atoms with Gasteiger partial charge in [0.05, 0.1) is 39.2 Å². The Labute approximate surface area is 108 Å². The molecular formula is C13H21NO4. The quantitative estimate of drug-likeness (QED) is 0.787. The molecule has 1 aromatic rings. The number of hydrogen-bond acceptors (Lipinski definition) is 5. The molecule has 102 valence electrons. The van der Waals surface area contributed by atoms with Gasteiger partial charge in [-0.25, -0.2) is 0 Å². The van der Waals surface area contributed by atoms with E-state index in [0.717, 1.165) is 11.3 Å². The minimum atomic E-state index is -0.356. The molecule has 1 rings (SSSR count). The van der Waals surface area contributed by atoms with E-state index in [-0.39, 0.29) is 19.3 Å². The molecule has 0 atom stereocenters. The smallest absolute Gasteiger partial charge is 0.146 e. The fraction of sp³-hybridized carbons (Fsp3) is 0.538. The van der Waals surface area contributed by atoms with Gasteiger partial charge >= 0.3 is 0 Å². The molecule has 18 heavy (non-hydrogen) atoms. The molecular weight excluding hydrogens is 234 g/mol. The van der Waals surface area contributed by atoms with Crippen LogP contribution in [0.5, 0.6) is 11.5 Å². The zero-order chi connectivity index (χ0) is 13.7. The zero-order valence-corrected chi connectivity index (χ0v) is 11.3. The number of ether oxygens (including phenoxy) is 2. The van der Waals surface area contributed by atoms with Gasteiger partial charge in [-0.05, 0) is 18.6 Å². The monoisotopic (exact) mass is 255 g/mol. The topological polar surface area (TPSA) is 62.2 Å². The highest BCUT2D eigenvalue weighted by Crippen LogP contribution is 2.36. The van der Waals surface area contributed by atoms with Crippen LogP contribution in [0.1, 0.15) is 5.56 Å². The molecule has 0 bridgehead atoms. The second-order valence-electron chi connectivity index (χ2n) is 4.13. The van der Waals surface area contributed by atoms with Gasteiger partial charge in [-0.2, -0.15) is 0 Å². The summed E-state index contributed by atoms with van der Waals surface area (Å²) in [6.07, 6.45) is 0. The Morgan fingerprint density at radius 3 is 2.22 bits per heavy atom. The van der Waals surface area contributed by atoms with Crippen molar-refractivity contribution in [3.63, 3.8) is 0 Å². The Hall–Kier alpha value is -1.46. The third-order valence-electron chi connectivity index (χ3n) is 3.02. The van der Waals surface area contributed by atoms with E-state index in [1.54, 1.807) is 20.3 Å². The van der Waals surface area contributed by atoms with E-state index in [2.05, 4.69) is 0 Å². The van der Waals surface area contributed by atoms with E-state index in [4.69, 9.17) is 9.47 Å². The van der Waals surface area contributed by atoms with Gasteiger partial charge in [0.1, 0.15) is 11.5 Å². The van der Waals surface area contributed by atoms with E-state index in [1.807, 2.05) is 24.9 Å². The van der Waals surface area contributed by atoms with Crippen LogP contribution >= 0.6 is 0 Å². The summed E-state index contributed by atoms with van der Waals surface area (Å²) in [6.45, 7) is 1.69. The highest BCUT2D eigenvalue weighted by atomic mass is 16.5. The predicted octanol–water partition coefficient (Wildman–Crippen LogP) is 0.802. The molecule has 0 aliphatic heterocycles. The van der Waals surface area contributed by atoms with Crippen LogP contribution in [-0.2, 0) is 0 Å². The van der Waals surface area contributed by atoms with E-state index < -0.39 is 0 Å². The van der Waals surface area contributed by atoms with Crippen molar-refractivity contribution in [1.82, 2.24) is 0 Å². The lowest BCUT2D eigenvalue weighted by molar-refractivity contribution is 0.190. The van der Waals surface area contributed by atoms with Crippen molar-refractivity contribution in [3.05, 3.63) is 17.7 Å². The normalized spacial score (nSPS) is 10.6. The second-order valence-corrected chi connectivity index (χ2v) is 4.13. The molecule has 0 aromatic heterocycles. The third-order valence-corrected chi connectivity index (χ3v) is 3.02. The van der Waals surface area contributed by atoms with Crippen LogP contribution < -0.4 is 14.4 Å². The van der Waals surface area contributed by atoms with E-state index in [1.165, 1.54) is 0 Å². The Morgan fingerprint density at radius 1 is 1.17 bits per heavy atom. The summed E-state index contributed by atoms with van der Waals surface area (Å²) in [5, 5.41) is 18.5. The molecule has 0 saturated carbocycles. The van der Waals surface area contributed by atoms with Gasteiger partial charge in [-0.1, -0.05) is 0 Å². The average Bonchev–Trinajstić information content (AvgIpc) is 2.38. The number of rotatable bonds is 6. The molecule has 2 N–H and O–H groups in total. The van der Waals surface area contributed by atoms with Crippen molar-refractivity contribution < 1.29 is 19.7 Å². The first-order chi connectivity index (χ1) is 8.58. The zero-order valence-electron chi connectivity index (χ0n) is 11.3. The largest absolute Gasteiger partial charge is 0.497 e. The number of aryl methyl sites for hydroxylation is 1. The number of nitrogens with zero attached hydrogens (tertiary/aromatic N) is 1. The highest BCUT2D eigenvalue weighted by molar-refractivity contribution is 5.66. The first-order valence-electron chi connectivity index (χ1n) is 5.76. The summed E-state index contributed by atoms with van der Waals surface area (Å²) < 4.78 is 10.5. The SMILES string of the molecule is COc1cc(C)c(N(C)C(CO)CO)c(OC)c1. The second kappa shape index (κ2) is 6.47. The van der Waals surface area contributed by atoms with Crippen LogP contribution in [0, 0.1) is 6.92 Å². The molecule has 0 saturated heterocycles. The Bertz CT molecular complexity index is 391. The predicted molar refractivity (Wildman–Crippen MR) is 70.6 cm³/mol. The minimum Gasteiger partial charge on any atom is -0.497 e. The third kappa shape index (κ3) is 2.86. The van der Waals surface area contributed by atoms with Crippen LogP contribution in [0.25, 0.3) is 0 Å². The molecule has 0 amide bonds. The molecule has 1 aromatic carbocycles. The standard InChI is InChI=1S/C13H21NO4/c1-9-5-11(17-3)6-12(18-4)13(9)14(2)10(7-15)8-16/h5-6,10,15-16H,7-8H2,1-4H3. The maximum absolute atomic E-state index is 9.25. The maximum Gasteiger partial charge on any atom is 0.146 e. The van der Waals surface area contributed by atoms with E-state index in [9.17, 15) is 10.2 Å². The average molecular weight is 255 g/mol. The van der Waals surface area contributed by atoms with Crippen molar-refractivity contribution in [2.75, 3.05) is 39.4 Å². The minimum absolute atomic E-state index is 0.123. The number of likely N-dealkylation sites (N-methyl/N-ethyl adjacent to an activating group) is 1. The number of methoxy groups -OCH3 is 2. The van der Waals surface area contributed by atoms with Crippen molar-refractivity contribution in [2.45, 2.75) is 13.0 Å². The van der Waals surface area contributed by atoms with Gasteiger partial charge in [-0.15, -0.1) is 0 Å². The summed E-state index contributed by atoms with van der Waals surface area (Å²) in [5.41, 5.74) is 1.80. The van der Waals surface area contributed by atoms with Crippen molar-refractivity contribution >= 4 is 5.69 Å². The van der Waals surface area contributed by atoms with Crippen LogP contribution in [0.15, 0.2) is 12.1 Å². The number of aliphatic hydroxyl groups is 2. The Morgan fingerprint density at radius 2 is 1.78 bits per heavy atom. The lowest BCUT2D eigenvalue weighted by atomic mass is 10.1. The molecule has 0 fully saturated rings. The van der Waals surface area contributed by atoms with Crippen LogP contribution in [-0.4, -0.2) is 50.7 Å². The van der Waals surface area contributed by atoms with Gasteiger partial charge < -0.3 is 24.6 Å².